The highest BCUT2D eigenvalue weighted by molar-refractivity contribution is 5.81. The van der Waals surface area contributed by atoms with Crippen molar-refractivity contribution in [2.24, 2.45) is 0 Å². The van der Waals surface area contributed by atoms with Crippen molar-refractivity contribution in [3.8, 4) is 11.3 Å². The Bertz CT molecular complexity index is 1060. The molecule has 3 heterocycles. The van der Waals surface area contributed by atoms with Crippen molar-refractivity contribution in [2.75, 3.05) is 5.32 Å². The zero-order chi connectivity index (χ0) is 16.1. The molecule has 4 aromatic rings. The van der Waals surface area contributed by atoms with Gasteiger partial charge in [0.25, 0.3) is 0 Å². The molecule has 24 heavy (non-hydrogen) atoms. The number of benzene rings is 2. The van der Waals surface area contributed by atoms with Gasteiger partial charge in [-0.1, -0.05) is 36.4 Å². The van der Waals surface area contributed by atoms with E-state index < -0.39 is 0 Å². The molecule has 0 bridgehead atoms. The molecule has 0 amide bonds. The molecule has 116 valence electrons. The molecule has 0 spiro atoms. The Hall–Kier alpha value is -3.14. The summed E-state index contributed by atoms with van der Waals surface area (Å²) in [6, 6.07) is 21.0. The van der Waals surface area contributed by atoms with Crippen molar-refractivity contribution in [1.29, 1.82) is 0 Å². The van der Waals surface area contributed by atoms with Crippen molar-refractivity contribution in [2.45, 2.75) is 13.1 Å². The van der Waals surface area contributed by atoms with E-state index in [0.717, 1.165) is 33.5 Å². The minimum atomic E-state index is -0.0324. The van der Waals surface area contributed by atoms with Crippen LogP contribution in [0.1, 0.15) is 17.4 Å². The number of nitrogens with zero attached hydrogens (tertiary/aromatic N) is 3. The predicted molar refractivity (Wildman–Crippen MR) is 95.9 cm³/mol. The fourth-order valence-electron chi connectivity index (χ4n) is 3.43. The zero-order valence-corrected chi connectivity index (χ0v) is 13.3. The van der Waals surface area contributed by atoms with Crippen LogP contribution < -0.4 is 5.32 Å². The molecule has 2 aromatic heterocycles. The number of anilines is 1. The number of aromatic nitrogens is 3. The van der Waals surface area contributed by atoms with Crippen molar-refractivity contribution in [1.82, 2.24) is 14.8 Å². The third kappa shape index (κ3) is 1.93. The van der Waals surface area contributed by atoms with Crippen molar-refractivity contribution >= 4 is 16.6 Å². The zero-order valence-electron chi connectivity index (χ0n) is 13.3. The van der Waals surface area contributed by atoms with E-state index in [2.05, 4.69) is 69.6 Å². The summed E-state index contributed by atoms with van der Waals surface area (Å²) in [5.41, 5.74) is 6.64. The van der Waals surface area contributed by atoms with Crippen LogP contribution in [0.2, 0.25) is 0 Å². The van der Waals surface area contributed by atoms with Crippen molar-refractivity contribution < 1.29 is 0 Å². The van der Waals surface area contributed by atoms with E-state index in [4.69, 9.17) is 5.10 Å². The molecule has 1 aliphatic rings. The summed E-state index contributed by atoms with van der Waals surface area (Å²) in [5.74, 6) is 0. The molecule has 1 unspecified atom stereocenters. The van der Waals surface area contributed by atoms with Crippen LogP contribution in [0.5, 0.6) is 0 Å². The molecule has 5 rings (SSSR count). The average Bonchev–Trinajstić information content (AvgIpc) is 3.02. The van der Waals surface area contributed by atoms with E-state index in [1.165, 1.54) is 5.56 Å². The van der Waals surface area contributed by atoms with Crippen LogP contribution in [0.15, 0.2) is 66.9 Å². The van der Waals surface area contributed by atoms with E-state index >= 15 is 0 Å². The number of pyridine rings is 1. The molecule has 0 saturated carbocycles. The molecule has 2 aromatic carbocycles. The average molecular weight is 312 g/mol. The number of hydrogen-bond acceptors (Lipinski definition) is 3. The minimum absolute atomic E-state index is 0.0324. The molecule has 0 saturated heterocycles. The Morgan fingerprint density at radius 1 is 1.00 bits per heavy atom. The van der Waals surface area contributed by atoms with Gasteiger partial charge in [-0.25, -0.2) is 4.68 Å². The smallest absolute Gasteiger partial charge is 0.147 e. The molecular formula is C20H16N4. The normalized spacial score (nSPS) is 15.6. The summed E-state index contributed by atoms with van der Waals surface area (Å²) in [7, 11) is 0. The van der Waals surface area contributed by atoms with Gasteiger partial charge in [-0.3, -0.25) is 4.98 Å². The van der Waals surface area contributed by atoms with Gasteiger partial charge in [0.1, 0.15) is 6.17 Å². The van der Waals surface area contributed by atoms with Gasteiger partial charge < -0.3 is 5.32 Å². The summed E-state index contributed by atoms with van der Waals surface area (Å²) in [4.78, 5) is 4.48. The summed E-state index contributed by atoms with van der Waals surface area (Å²) in [6.07, 6.45) is 1.80. The lowest BCUT2D eigenvalue weighted by atomic mass is 10.0. The van der Waals surface area contributed by atoms with Crippen LogP contribution in [-0.2, 0) is 0 Å². The second-order valence-corrected chi connectivity index (χ2v) is 6.16. The lowest BCUT2D eigenvalue weighted by Gasteiger charge is -2.29. The maximum atomic E-state index is 4.72. The molecule has 1 N–H and O–H groups in total. The van der Waals surface area contributed by atoms with Crippen LogP contribution >= 0.6 is 0 Å². The molecule has 0 radical (unpaired) electrons. The highest BCUT2D eigenvalue weighted by atomic mass is 15.4. The van der Waals surface area contributed by atoms with E-state index in [1.807, 2.05) is 19.2 Å². The summed E-state index contributed by atoms with van der Waals surface area (Å²) in [6.45, 7) is 2.03. The van der Waals surface area contributed by atoms with Gasteiger partial charge in [0.2, 0.25) is 0 Å². The lowest BCUT2D eigenvalue weighted by Crippen LogP contribution is -2.25. The van der Waals surface area contributed by atoms with Crippen LogP contribution in [0.3, 0.4) is 0 Å². The minimum Gasteiger partial charge on any atom is -0.359 e. The van der Waals surface area contributed by atoms with Gasteiger partial charge in [0.05, 0.1) is 16.9 Å². The Labute approximate surface area is 139 Å². The molecule has 1 aliphatic heterocycles. The monoisotopic (exact) mass is 312 g/mol. The highest BCUT2D eigenvalue weighted by Gasteiger charge is 2.26. The Morgan fingerprint density at radius 2 is 1.92 bits per heavy atom. The number of nitrogens with one attached hydrogen (secondary N) is 1. The first-order chi connectivity index (χ1) is 11.8. The van der Waals surface area contributed by atoms with E-state index in [9.17, 15) is 0 Å². The summed E-state index contributed by atoms with van der Waals surface area (Å²) >= 11 is 0. The lowest BCUT2D eigenvalue weighted by molar-refractivity contribution is 0.571. The number of aryl methyl sites for hydroxylation is 1. The maximum absolute atomic E-state index is 4.72. The SMILES string of the molecule is Cc1cc2n(n1)C(c1ccc3cccnc3c1)Nc1ccccc1-2. The largest absolute Gasteiger partial charge is 0.359 e. The molecule has 4 heteroatoms. The van der Waals surface area contributed by atoms with Gasteiger partial charge in [-0.2, -0.15) is 5.10 Å². The van der Waals surface area contributed by atoms with Crippen LogP contribution in [0, 0.1) is 6.92 Å². The highest BCUT2D eigenvalue weighted by Crippen LogP contribution is 2.38. The van der Waals surface area contributed by atoms with Crippen molar-refractivity contribution in [3.05, 3.63) is 78.1 Å². The van der Waals surface area contributed by atoms with Crippen molar-refractivity contribution in [3.63, 3.8) is 0 Å². The van der Waals surface area contributed by atoms with Gasteiger partial charge in [-0.15, -0.1) is 0 Å². The Morgan fingerprint density at radius 3 is 2.88 bits per heavy atom. The number of hydrogen-bond donors (Lipinski definition) is 1. The van der Waals surface area contributed by atoms with Gasteiger partial charge in [-0.05, 0) is 36.8 Å². The van der Waals surface area contributed by atoms with E-state index in [0.29, 0.717) is 0 Å². The summed E-state index contributed by atoms with van der Waals surface area (Å²) in [5, 5.41) is 9.49. The second-order valence-electron chi connectivity index (χ2n) is 6.16. The third-order valence-electron chi connectivity index (χ3n) is 4.54. The molecule has 1 atom stereocenters. The number of rotatable bonds is 1. The Balaban J connectivity index is 1.71. The fraction of sp³-hybridized carbons (Fsp3) is 0.100. The molecular weight excluding hydrogens is 296 g/mol. The van der Waals surface area contributed by atoms with Crippen LogP contribution in [-0.4, -0.2) is 14.8 Å². The first-order valence-electron chi connectivity index (χ1n) is 8.06. The second kappa shape index (κ2) is 4.93. The van der Waals surface area contributed by atoms with E-state index in [-0.39, 0.29) is 6.17 Å². The predicted octanol–water partition coefficient (Wildman–Crippen LogP) is 4.38. The number of fused-ring (bicyclic) bond motifs is 4. The van der Waals surface area contributed by atoms with Crippen LogP contribution in [0.25, 0.3) is 22.2 Å². The third-order valence-corrected chi connectivity index (χ3v) is 4.54. The molecule has 0 aliphatic carbocycles. The standard InChI is InChI=1S/C20H16N4/c1-13-11-19-16-6-2-3-7-17(16)22-20(24(19)23-13)15-9-8-14-5-4-10-21-18(14)12-15/h2-12,20,22H,1H3. The Kier molecular flexibility index (Phi) is 2.73. The van der Waals surface area contributed by atoms with Crippen LogP contribution in [0.4, 0.5) is 5.69 Å². The first kappa shape index (κ1) is 13.3. The number of para-hydroxylation sites is 1. The molecule has 4 nitrogen and oxygen atoms in total. The first-order valence-corrected chi connectivity index (χ1v) is 8.06. The maximum Gasteiger partial charge on any atom is 0.147 e. The molecule has 0 fully saturated rings. The van der Waals surface area contributed by atoms with Gasteiger partial charge >= 0.3 is 0 Å². The van der Waals surface area contributed by atoms with E-state index in [1.54, 1.807) is 0 Å². The van der Waals surface area contributed by atoms with Gasteiger partial charge in [0, 0.05) is 22.8 Å². The summed E-state index contributed by atoms with van der Waals surface area (Å²) < 4.78 is 2.07. The topological polar surface area (TPSA) is 42.7 Å². The quantitative estimate of drug-likeness (QED) is 0.567. The van der Waals surface area contributed by atoms with Gasteiger partial charge in [0.15, 0.2) is 0 Å². The fourth-order valence-corrected chi connectivity index (χ4v) is 3.43.